The van der Waals surface area contributed by atoms with Crippen molar-refractivity contribution in [2.75, 3.05) is 6.61 Å². The molecule has 0 heterocycles. The summed E-state index contributed by atoms with van der Waals surface area (Å²) in [6.07, 6.45) is 2.68. The van der Waals surface area contributed by atoms with Crippen molar-refractivity contribution in [3.8, 4) is 11.8 Å². The first-order chi connectivity index (χ1) is 8.45. The number of esters is 1. The van der Waals surface area contributed by atoms with Crippen molar-refractivity contribution in [1.82, 2.24) is 0 Å². The summed E-state index contributed by atoms with van der Waals surface area (Å²) in [5, 5.41) is 0. The van der Waals surface area contributed by atoms with Gasteiger partial charge in [-0.05, 0) is 77.3 Å². The van der Waals surface area contributed by atoms with Gasteiger partial charge in [0.1, 0.15) is 2.41 Å². The first-order valence-corrected chi connectivity index (χ1v) is 13.5. The van der Waals surface area contributed by atoms with E-state index in [1.807, 2.05) is 13.8 Å². The summed E-state index contributed by atoms with van der Waals surface area (Å²) < 4.78 is 10.1. The van der Waals surface area contributed by atoms with Crippen molar-refractivity contribution < 1.29 is 13.7 Å². The lowest BCUT2D eigenvalue weighted by Crippen LogP contribution is -2.02. The zero-order valence-corrected chi connectivity index (χ0v) is 16.4. The summed E-state index contributed by atoms with van der Waals surface area (Å²) in [5.74, 6) is 4.61. The minimum atomic E-state index is -0.484. The van der Waals surface area contributed by atoms with E-state index in [9.17, 15) is 4.79 Å². The Balaban J connectivity index is 4.07. The standard InChI is InChI=1S/C11H15I2O3PS/c1-4-15-11(14)7-5-6-9(2)8-10(3)16-18-17(12)13/h6,10H,4,8H2,1-3H3/b9-6+/t10-/m0/s1. The first-order valence-electron chi connectivity index (χ1n) is 5.24. The number of hydrogen-bond donors (Lipinski definition) is 0. The van der Waals surface area contributed by atoms with Gasteiger partial charge in [-0.25, -0.2) is 4.79 Å². The molecule has 0 aromatic heterocycles. The monoisotopic (exact) mass is 512 g/mol. The lowest BCUT2D eigenvalue weighted by Gasteiger charge is -2.11. The Morgan fingerprint density at radius 1 is 1.56 bits per heavy atom. The molecular formula is C11H15I2O3PS. The predicted octanol–water partition coefficient (Wildman–Crippen LogP) is 5.04. The third-order valence-electron chi connectivity index (χ3n) is 1.64. The molecule has 0 N–H and O–H groups in total. The minimum Gasteiger partial charge on any atom is -0.456 e. The van der Waals surface area contributed by atoms with Gasteiger partial charge in [0.2, 0.25) is 0 Å². The highest BCUT2D eigenvalue weighted by Crippen LogP contribution is 2.65. The van der Waals surface area contributed by atoms with E-state index in [4.69, 9.17) is 8.92 Å². The van der Waals surface area contributed by atoms with E-state index in [2.05, 4.69) is 55.9 Å². The molecule has 0 aliphatic carbocycles. The van der Waals surface area contributed by atoms with E-state index in [1.54, 1.807) is 13.0 Å². The molecule has 102 valence electrons. The van der Waals surface area contributed by atoms with Crippen LogP contribution in [0.5, 0.6) is 0 Å². The topological polar surface area (TPSA) is 35.5 Å². The van der Waals surface area contributed by atoms with Gasteiger partial charge >= 0.3 is 5.97 Å². The molecule has 0 amide bonds. The van der Waals surface area contributed by atoms with Crippen molar-refractivity contribution >= 4 is 64.1 Å². The highest BCUT2D eigenvalue weighted by atomic mass is 127. The average molecular weight is 512 g/mol. The second-order valence-corrected chi connectivity index (χ2v) is 20.9. The van der Waals surface area contributed by atoms with Crippen LogP contribution in [-0.4, -0.2) is 18.7 Å². The van der Waals surface area contributed by atoms with E-state index < -0.39 is 5.97 Å². The van der Waals surface area contributed by atoms with E-state index >= 15 is 0 Å². The lowest BCUT2D eigenvalue weighted by molar-refractivity contribution is -0.136. The number of carbonyl (C=O) groups is 1. The van der Waals surface area contributed by atoms with Crippen LogP contribution in [0.1, 0.15) is 27.2 Å². The minimum absolute atomic E-state index is 0.144. The molecule has 0 aliphatic rings. The van der Waals surface area contributed by atoms with Gasteiger partial charge in [-0.2, -0.15) is 0 Å². The molecule has 0 saturated carbocycles. The maximum Gasteiger partial charge on any atom is 0.384 e. The zero-order valence-electron chi connectivity index (χ0n) is 10.4. The lowest BCUT2D eigenvalue weighted by atomic mass is 10.1. The normalized spacial score (nSPS) is 12.9. The van der Waals surface area contributed by atoms with Gasteiger partial charge in [0.25, 0.3) is 0 Å². The molecule has 0 radical (unpaired) electrons. The Morgan fingerprint density at radius 2 is 2.22 bits per heavy atom. The summed E-state index contributed by atoms with van der Waals surface area (Å²) >= 11 is 6.21. The average Bonchev–Trinajstić information content (AvgIpc) is 2.26. The summed E-state index contributed by atoms with van der Waals surface area (Å²) in [6, 6.07) is 0. The Labute approximate surface area is 140 Å². The third kappa shape index (κ3) is 12.0. The van der Waals surface area contributed by atoms with Gasteiger partial charge in [0, 0.05) is 17.6 Å². The summed E-state index contributed by atoms with van der Waals surface area (Å²) in [6.45, 7) is 6.11. The molecule has 7 heteroatoms. The fourth-order valence-electron chi connectivity index (χ4n) is 1.04. The fraction of sp³-hybridized carbons (Fsp3) is 0.545. The molecule has 0 saturated heterocycles. The molecule has 0 unspecified atom stereocenters. The Hall–Kier alpha value is 0.970. The van der Waals surface area contributed by atoms with Crippen LogP contribution in [0.2, 0.25) is 0 Å². The van der Waals surface area contributed by atoms with E-state index in [-0.39, 0.29) is 8.51 Å². The van der Waals surface area contributed by atoms with E-state index in [1.165, 1.54) is 11.7 Å². The number of ether oxygens (including phenoxy) is 1. The largest absolute Gasteiger partial charge is 0.456 e. The van der Waals surface area contributed by atoms with Gasteiger partial charge in [-0.15, -0.1) is 0 Å². The third-order valence-corrected chi connectivity index (χ3v) is 5.66. The van der Waals surface area contributed by atoms with Crippen LogP contribution in [0, 0.1) is 11.8 Å². The Morgan fingerprint density at radius 3 is 2.78 bits per heavy atom. The first kappa shape index (κ1) is 19.0. The number of carbonyl (C=O) groups excluding carboxylic acids is 1. The van der Waals surface area contributed by atoms with Crippen LogP contribution in [0.4, 0.5) is 0 Å². The zero-order chi connectivity index (χ0) is 14.0. The molecule has 0 spiro atoms. The number of rotatable bonds is 6. The molecule has 0 bridgehead atoms. The van der Waals surface area contributed by atoms with Crippen molar-refractivity contribution in [2.24, 2.45) is 0 Å². The smallest absolute Gasteiger partial charge is 0.384 e. The van der Waals surface area contributed by atoms with Crippen LogP contribution in [0.3, 0.4) is 0 Å². The van der Waals surface area contributed by atoms with Gasteiger partial charge in [0.15, 0.2) is 0 Å². The van der Waals surface area contributed by atoms with Crippen LogP contribution in [-0.2, 0) is 13.7 Å². The summed E-state index contributed by atoms with van der Waals surface area (Å²) in [5.41, 5.74) is 1.09. The second kappa shape index (κ2) is 11.8. The molecule has 0 rings (SSSR count). The maximum absolute atomic E-state index is 11.0. The van der Waals surface area contributed by atoms with Gasteiger partial charge in [0.05, 0.1) is 12.7 Å². The van der Waals surface area contributed by atoms with Crippen LogP contribution < -0.4 is 0 Å². The molecular weight excluding hydrogens is 497 g/mol. The molecule has 1 atom stereocenters. The van der Waals surface area contributed by atoms with Crippen LogP contribution in [0.25, 0.3) is 0 Å². The van der Waals surface area contributed by atoms with Crippen molar-refractivity contribution in [1.29, 1.82) is 0 Å². The number of halogens is 2. The van der Waals surface area contributed by atoms with Gasteiger partial charge in [-0.3, -0.25) is 0 Å². The molecule has 0 fully saturated rings. The molecule has 0 aliphatic heterocycles. The molecule has 0 aromatic carbocycles. The highest BCUT2D eigenvalue weighted by Gasteiger charge is 2.06. The SMILES string of the molecule is CCOC(=O)C#C/C=C(\C)C[C@H](C)OSP(I)I. The maximum atomic E-state index is 11.0. The van der Waals surface area contributed by atoms with E-state index in [0.29, 0.717) is 6.61 Å². The fourth-order valence-corrected chi connectivity index (χ4v) is 3.62. The van der Waals surface area contributed by atoms with Crippen molar-refractivity contribution in [3.63, 3.8) is 0 Å². The molecule has 0 aromatic rings. The predicted molar refractivity (Wildman–Crippen MR) is 95.9 cm³/mol. The quantitative estimate of drug-likeness (QED) is 0.125. The van der Waals surface area contributed by atoms with Crippen LogP contribution >= 0.6 is 58.2 Å². The van der Waals surface area contributed by atoms with Gasteiger partial charge in [-0.1, -0.05) is 11.5 Å². The number of allylic oxidation sites excluding steroid dienone is 1. The van der Waals surface area contributed by atoms with Crippen LogP contribution in [0.15, 0.2) is 11.6 Å². The van der Waals surface area contributed by atoms with E-state index in [0.717, 1.165) is 12.0 Å². The Kier molecular flexibility index (Phi) is 12.4. The summed E-state index contributed by atoms with van der Waals surface area (Å²) in [4.78, 5) is 11.0. The summed E-state index contributed by atoms with van der Waals surface area (Å²) in [7, 11) is 0. The van der Waals surface area contributed by atoms with Crippen molar-refractivity contribution in [3.05, 3.63) is 11.6 Å². The Bertz CT molecular complexity index is 350. The molecule has 18 heavy (non-hydrogen) atoms. The van der Waals surface area contributed by atoms with Gasteiger partial charge < -0.3 is 8.92 Å². The number of hydrogen-bond acceptors (Lipinski definition) is 4. The highest BCUT2D eigenvalue weighted by molar-refractivity contribution is 14.3. The molecule has 3 nitrogen and oxygen atoms in total. The second-order valence-electron chi connectivity index (χ2n) is 3.37. The van der Waals surface area contributed by atoms with Crippen molar-refractivity contribution in [2.45, 2.75) is 33.3 Å².